The van der Waals surface area contributed by atoms with Crippen molar-refractivity contribution in [1.82, 2.24) is 15.8 Å². The summed E-state index contributed by atoms with van der Waals surface area (Å²) in [6, 6.07) is 1.52. The van der Waals surface area contributed by atoms with E-state index < -0.39 is 4.92 Å². The molecule has 1 rings (SSSR count). The standard InChI is InChI=1S/C7H9ClN4O3/c1-9-7(4-12(13)14)10-3-5-2-6(8)11-15-5/h2,4,9-10H,3H2,1H3. The minimum atomic E-state index is -0.563. The zero-order valence-corrected chi connectivity index (χ0v) is 8.61. The highest BCUT2D eigenvalue weighted by atomic mass is 35.5. The fraction of sp³-hybridized carbons (Fsp3) is 0.286. The number of nitro groups is 1. The summed E-state index contributed by atoms with van der Waals surface area (Å²) in [5, 5.41) is 19.3. The van der Waals surface area contributed by atoms with Gasteiger partial charge in [-0.2, -0.15) is 0 Å². The smallest absolute Gasteiger partial charge is 0.274 e. The molecular weight excluding hydrogens is 224 g/mol. The van der Waals surface area contributed by atoms with E-state index in [0.29, 0.717) is 5.76 Å². The molecule has 0 unspecified atom stereocenters. The zero-order valence-electron chi connectivity index (χ0n) is 7.86. The number of nitrogens with one attached hydrogen (secondary N) is 2. The summed E-state index contributed by atoms with van der Waals surface area (Å²) >= 11 is 5.52. The van der Waals surface area contributed by atoms with Crippen LogP contribution in [0.15, 0.2) is 22.6 Å². The molecule has 0 aliphatic rings. The molecule has 15 heavy (non-hydrogen) atoms. The van der Waals surface area contributed by atoms with Gasteiger partial charge in [0.15, 0.2) is 16.7 Å². The molecule has 1 aromatic rings. The van der Waals surface area contributed by atoms with Crippen LogP contribution < -0.4 is 10.6 Å². The van der Waals surface area contributed by atoms with E-state index in [4.69, 9.17) is 16.1 Å². The van der Waals surface area contributed by atoms with Crippen molar-refractivity contribution in [3.8, 4) is 0 Å². The lowest BCUT2D eigenvalue weighted by molar-refractivity contribution is -0.404. The summed E-state index contributed by atoms with van der Waals surface area (Å²) in [5.41, 5.74) is 0. The van der Waals surface area contributed by atoms with Gasteiger partial charge in [0.05, 0.1) is 11.5 Å². The number of hydrogen-bond donors (Lipinski definition) is 2. The number of rotatable bonds is 5. The maximum Gasteiger partial charge on any atom is 0.274 e. The van der Waals surface area contributed by atoms with Crippen molar-refractivity contribution in [3.63, 3.8) is 0 Å². The summed E-state index contributed by atoms with van der Waals surface area (Å²) in [7, 11) is 1.57. The van der Waals surface area contributed by atoms with Crippen LogP contribution in [0.3, 0.4) is 0 Å². The molecular formula is C7H9ClN4O3. The molecule has 1 heterocycles. The van der Waals surface area contributed by atoms with Gasteiger partial charge >= 0.3 is 0 Å². The first-order valence-corrected chi connectivity index (χ1v) is 4.37. The van der Waals surface area contributed by atoms with Crippen LogP contribution >= 0.6 is 11.6 Å². The highest BCUT2D eigenvalue weighted by molar-refractivity contribution is 6.29. The summed E-state index contributed by atoms with van der Waals surface area (Å²) < 4.78 is 4.79. The van der Waals surface area contributed by atoms with Crippen LogP contribution in [0, 0.1) is 10.1 Å². The topological polar surface area (TPSA) is 93.2 Å². The third kappa shape index (κ3) is 3.86. The molecule has 0 aliphatic carbocycles. The van der Waals surface area contributed by atoms with E-state index in [1.165, 1.54) is 6.07 Å². The molecule has 0 aromatic carbocycles. The first-order chi connectivity index (χ1) is 7.11. The van der Waals surface area contributed by atoms with E-state index >= 15 is 0 Å². The van der Waals surface area contributed by atoms with Crippen LogP contribution in [-0.4, -0.2) is 17.1 Å². The second kappa shape index (κ2) is 5.20. The largest absolute Gasteiger partial charge is 0.370 e. The molecule has 0 radical (unpaired) electrons. The van der Waals surface area contributed by atoms with E-state index in [0.717, 1.165) is 6.20 Å². The number of halogens is 1. The van der Waals surface area contributed by atoms with Crippen molar-refractivity contribution < 1.29 is 9.45 Å². The minimum Gasteiger partial charge on any atom is -0.370 e. The van der Waals surface area contributed by atoms with Gasteiger partial charge in [-0.25, -0.2) is 0 Å². The van der Waals surface area contributed by atoms with E-state index in [9.17, 15) is 10.1 Å². The molecule has 8 heteroatoms. The lowest BCUT2D eigenvalue weighted by Crippen LogP contribution is -2.23. The lowest BCUT2D eigenvalue weighted by Gasteiger charge is -2.04. The van der Waals surface area contributed by atoms with Gasteiger partial charge in [0.25, 0.3) is 6.20 Å². The Bertz CT molecular complexity index is 376. The van der Waals surface area contributed by atoms with Crippen LogP contribution in [0.1, 0.15) is 5.76 Å². The van der Waals surface area contributed by atoms with Crippen molar-refractivity contribution in [2.24, 2.45) is 0 Å². The van der Waals surface area contributed by atoms with Crippen molar-refractivity contribution in [3.05, 3.63) is 39.1 Å². The number of hydrogen-bond acceptors (Lipinski definition) is 6. The fourth-order valence-electron chi connectivity index (χ4n) is 0.857. The van der Waals surface area contributed by atoms with Crippen LogP contribution in [0.25, 0.3) is 0 Å². The zero-order chi connectivity index (χ0) is 11.3. The summed E-state index contributed by atoms with van der Waals surface area (Å²) in [5.74, 6) is 0.761. The highest BCUT2D eigenvalue weighted by Crippen LogP contribution is 2.08. The highest BCUT2D eigenvalue weighted by Gasteiger charge is 2.04. The maximum atomic E-state index is 10.2. The Morgan fingerprint density at radius 2 is 2.60 bits per heavy atom. The van der Waals surface area contributed by atoms with Gasteiger partial charge in [-0.1, -0.05) is 16.8 Å². The molecule has 0 spiro atoms. The van der Waals surface area contributed by atoms with Gasteiger partial charge in [0, 0.05) is 13.1 Å². The summed E-state index contributed by atoms with van der Waals surface area (Å²) in [6.45, 7) is 0.264. The number of nitrogens with zero attached hydrogens (tertiary/aromatic N) is 2. The molecule has 0 saturated carbocycles. The Kier molecular flexibility index (Phi) is 3.92. The Labute approximate surface area is 90.2 Å². The molecule has 82 valence electrons. The normalized spacial score (nSPS) is 11.2. The van der Waals surface area contributed by atoms with Gasteiger partial charge in [-0.05, 0) is 0 Å². The number of aromatic nitrogens is 1. The Hall–Kier alpha value is -1.76. The predicted molar refractivity (Wildman–Crippen MR) is 52.5 cm³/mol. The van der Waals surface area contributed by atoms with Gasteiger partial charge in [0.2, 0.25) is 0 Å². The maximum absolute atomic E-state index is 10.2. The Morgan fingerprint density at radius 1 is 1.87 bits per heavy atom. The van der Waals surface area contributed by atoms with Crippen molar-refractivity contribution in [1.29, 1.82) is 0 Å². The average molecular weight is 233 g/mol. The van der Waals surface area contributed by atoms with Crippen molar-refractivity contribution >= 4 is 11.6 Å². The van der Waals surface area contributed by atoms with Crippen molar-refractivity contribution in [2.45, 2.75) is 6.54 Å². The average Bonchev–Trinajstić information content (AvgIpc) is 2.58. The fourth-order valence-corrected chi connectivity index (χ4v) is 1.01. The lowest BCUT2D eigenvalue weighted by atomic mass is 10.4. The van der Waals surface area contributed by atoms with Gasteiger partial charge in [-0.15, -0.1) is 0 Å². The summed E-state index contributed by atoms with van der Waals surface area (Å²) in [6.07, 6.45) is 0.817. The van der Waals surface area contributed by atoms with Crippen LogP contribution in [0.2, 0.25) is 5.15 Å². The molecule has 0 atom stereocenters. The molecule has 0 amide bonds. The molecule has 0 bridgehead atoms. The first kappa shape index (κ1) is 11.3. The van der Waals surface area contributed by atoms with Gasteiger partial charge in [0.1, 0.15) is 0 Å². The molecule has 0 aliphatic heterocycles. The molecule has 2 N–H and O–H groups in total. The van der Waals surface area contributed by atoms with Crippen molar-refractivity contribution in [2.75, 3.05) is 7.05 Å². The van der Waals surface area contributed by atoms with E-state index in [2.05, 4.69) is 15.8 Å². The van der Waals surface area contributed by atoms with Crippen LogP contribution in [0.5, 0.6) is 0 Å². The van der Waals surface area contributed by atoms with E-state index in [1.54, 1.807) is 7.05 Å². The SMILES string of the molecule is CNC(=C[N+](=O)[O-])NCc1cc(Cl)no1. The Morgan fingerprint density at radius 3 is 3.07 bits per heavy atom. The Balaban J connectivity index is 2.51. The summed E-state index contributed by atoms with van der Waals surface area (Å²) in [4.78, 5) is 9.61. The molecule has 0 saturated heterocycles. The minimum absolute atomic E-state index is 0.246. The van der Waals surface area contributed by atoms with E-state index in [1.807, 2.05) is 0 Å². The van der Waals surface area contributed by atoms with Gasteiger partial charge < -0.3 is 15.2 Å². The van der Waals surface area contributed by atoms with Crippen LogP contribution in [0.4, 0.5) is 0 Å². The second-order valence-electron chi connectivity index (χ2n) is 2.55. The first-order valence-electron chi connectivity index (χ1n) is 4.00. The monoisotopic (exact) mass is 232 g/mol. The van der Waals surface area contributed by atoms with E-state index in [-0.39, 0.29) is 17.5 Å². The van der Waals surface area contributed by atoms with Gasteiger partial charge in [-0.3, -0.25) is 10.1 Å². The predicted octanol–water partition coefficient (Wildman–Crippen LogP) is 0.713. The molecule has 7 nitrogen and oxygen atoms in total. The quantitative estimate of drug-likeness (QED) is 0.574. The third-order valence-electron chi connectivity index (χ3n) is 1.49. The van der Waals surface area contributed by atoms with Crippen LogP contribution in [-0.2, 0) is 6.54 Å². The second-order valence-corrected chi connectivity index (χ2v) is 2.93. The molecule has 0 fully saturated rings. The third-order valence-corrected chi connectivity index (χ3v) is 1.67. The molecule has 1 aromatic heterocycles.